The molecule has 0 rings (SSSR count). The van der Waals surface area contributed by atoms with E-state index in [0.717, 1.165) is 19.3 Å². The number of hydrogen-bond acceptors (Lipinski definition) is 0. The highest BCUT2D eigenvalue weighted by atomic mass is 19.4. The van der Waals surface area contributed by atoms with Crippen molar-refractivity contribution in [3.05, 3.63) is 12.2 Å². The summed E-state index contributed by atoms with van der Waals surface area (Å²) < 4.78 is 35.1. The molecule has 0 atom stereocenters. The molecule has 0 aliphatic rings. The molecule has 0 aromatic carbocycles. The Bertz CT molecular complexity index is 159. The number of unbranched alkanes of at least 4 members (excludes halogenated alkanes) is 7. The number of alkyl halides is 3. The summed E-state index contributed by atoms with van der Waals surface area (Å²) in [5, 5.41) is 0. The molecule has 0 saturated carbocycles. The molecule has 0 radical (unpaired) electrons. The quantitative estimate of drug-likeness (QED) is 0.389. The summed E-state index contributed by atoms with van der Waals surface area (Å²) in [7, 11) is 0. The van der Waals surface area contributed by atoms with Crippen molar-refractivity contribution >= 4 is 0 Å². The van der Waals surface area contributed by atoms with E-state index in [2.05, 4.69) is 6.92 Å². The molecule has 0 fully saturated rings. The molecule has 0 amide bonds. The van der Waals surface area contributed by atoms with Gasteiger partial charge in [0, 0.05) is 6.08 Å². The molecular formula is C12H21F3. The van der Waals surface area contributed by atoms with E-state index in [9.17, 15) is 13.2 Å². The first kappa shape index (κ1) is 14.5. The van der Waals surface area contributed by atoms with E-state index in [-0.39, 0.29) is 0 Å². The van der Waals surface area contributed by atoms with Crippen molar-refractivity contribution in [1.82, 2.24) is 0 Å². The number of rotatable bonds is 8. The second-order valence-corrected chi connectivity index (χ2v) is 3.85. The minimum atomic E-state index is -4.14. The van der Waals surface area contributed by atoms with E-state index in [4.69, 9.17) is 0 Å². The molecule has 0 saturated heterocycles. The molecule has 0 aromatic rings. The highest BCUT2D eigenvalue weighted by Crippen LogP contribution is 2.17. The summed E-state index contributed by atoms with van der Waals surface area (Å²) in [6.45, 7) is 2.17. The SMILES string of the molecule is CCCCCCCCCC=CC(F)(F)F. The third kappa shape index (κ3) is 13.5. The Morgan fingerprint density at radius 2 is 1.40 bits per heavy atom. The van der Waals surface area contributed by atoms with Gasteiger partial charge in [0.25, 0.3) is 0 Å². The maximum atomic E-state index is 11.7. The van der Waals surface area contributed by atoms with Gasteiger partial charge in [-0.2, -0.15) is 13.2 Å². The summed E-state index contributed by atoms with van der Waals surface area (Å²) >= 11 is 0. The van der Waals surface area contributed by atoms with Crippen molar-refractivity contribution in [3.63, 3.8) is 0 Å². The van der Waals surface area contributed by atoms with Crippen LogP contribution in [0.4, 0.5) is 13.2 Å². The number of allylic oxidation sites excluding steroid dienone is 2. The fourth-order valence-electron chi connectivity index (χ4n) is 1.44. The monoisotopic (exact) mass is 222 g/mol. The molecule has 0 unspecified atom stereocenters. The zero-order valence-corrected chi connectivity index (χ0v) is 9.45. The molecule has 15 heavy (non-hydrogen) atoms. The predicted molar refractivity (Wildman–Crippen MR) is 57.8 cm³/mol. The lowest BCUT2D eigenvalue weighted by molar-refractivity contribution is -0.0800. The van der Waals surface area contributed by atoms with Crippen LogP contribution in [0.5, 0.6) is 0 Å². The van der Waals surface area contributed by atoms with E-state index in [1.165, 1.54) is 31.8 Å². The molecule has 90 valence electrons. The lowest BCUT2D eigenvalue weighted by Crippen LogP contribution is -2.00. The summed E-state index contributed by atoms with van der Waals surface area (Å²) in [6.07, 6.45) is 6.03. The number of halogens is 3. The molecule has 3 heteroatoms. The van der Waals surface area contributed by atoms with E-state index in [1.807, 2.05) is 0 Å². The van der Waals surface area contributed by atoms with Crippen LogP contribution in [0.3, 0.4) is 0 Å². The van der Waals surface area contributed by atoms with Crippen LogP contribution < -0.4 is 0 Å². The van der Waals surface area contributed by atoms with Crippen LogP contribution in [-0.4, -0.2) is 6.18 Å². The van der Waals surface area contributed by atoms with Crippen molar-refractivity contribution < 1.29 is 13.2 Å². The van der Waals surface area contributed by atoms with E-state index < -0.39 is 6.18 Å². The van der Waals surface area contributed by atoms with Crippen molar-refractivity contribution in [3.8, 4) is 0 Å². The summed E-state index contributed by atoms with van der Waals surface area (Å²) in [5.41, 5.74) is 0. The van der Waals surface area contributed by atoms with Gasteiger partial charge in [-0.05, 0) is 12.8 Å². The first-order chi connectivity index (χ1) is 7.06. The Hall–Kier alpha value is -0.470. The van der Waals surface area contributed by atoms with Crippen LogP contribution in [0.2, 0.25) is 0 Å². The molecule has 0 nitrogen and oxygen atoms in total. The van der Waals surface area contributed by atoms with Crippen molar-refractivity contribution in [2.24, 2.45) is 0 Å². The minimum absolute atomic E-state index is 0.337. The van der Waals surface area contributed by atoms with Crippen LogP contribution >= 0.6 is 0 Å². The maximum Gasteiger partial charge on any atom is 0.409 e. The van der Waals surface area contributed by atoms with Gasteiger partial charge in [-0.3, -0.25) is 0 Å². The number of hydrogen-bond donors (Lipinski definition) is 0. The van der Waals surface area contributed by atoms with Gasteiger partial charge < -0.3 is 0 Å². The van der Waals surface area contributed by atoms with E-state index in [1.54, 1.807) is 0 Å². The second kappa shape index (κ2) is 8.81. The summed E-state index contributed by atoms with van der Waals surface area (Å²) in [6, 6.07) is 0. The first-order valence-corrected chi connectivity index (χ1v) is 5.80. The molecular weight excluding hydrogens is 201 g/mol. The van der Waals surface area contributed by atoms with Gasteiger partial charge in [0.15, 0.2) is 0 Å². The normalized spacial score (nSPS) is 12.5. The average molecular weight is 222 g/mol. The lowest BCUT2D eigenvalue weighted by Gasteiger charge is -1.99. The summed E-state index contributed by atoms with van der Waals surface area (Å²) in [4.78, 5) is 0. The van der Waals surface area contributed by atoms with E-state index in [0.29, 0.717) is 12.5 Å². The van der Waals surface area contributed by atoms with Gasteiger partial charge in [-0.15, -0.1) is 0 Å². The molecule has 0 spiro atoms. The van der Waals surface area contributed by atoms with Gasteiger partial charge >= 0.3 is 6.18 Å². The Morgan fingerprint density at radius 3 is 1.93 bits per heavy atom. The molecule has 0 aromatic heterocycles. The smallest absolute Gasteiger partial charge is 0.167 e. The lowest BCUT2D eigenvalue weighted by atomic mass is 10.1. The van der Waals surface area contributed by atoms with Gasteiger partial charge in [0.1, 0.15) is 0 Å². The standard InChI is InChI=1S/C12H21F3/c1-2-3-4-5-6-7-8-9-10-11-12(13,14)15/h10-11H,2-9H2,1H3. The fraction of sp³-hybridized carbons (Fsp3) is 0.833. The zero-order valence-electron chi connectivity index (χ0n) is 9.45. The van der Waals surface area contributed by atoms with Gasteiger partial charge in [-0.25, -0.2) is 0 Å². The van der Waals surface area contributed by atoms with Gasteiger partial charge in [0.2, 0.25) is 0 Å². The first-order valence-electron chi connectivity index (χ1n) is 5.80. The van der Waals surface area contributed by atoms with Crippen LogP contribution in [0.25, 0.3) is 0 Å². The van der Waals surface area contributed by atoms with Gasteiger partial charge in [0.05, 0.1) is 0 Å². The van der Waals surface area contributed by atoms with Gasteiger partial charge in [-0.1, -0.05) is 51.5 Å². The highest BCUT2D eigenvalue weighted by Gasteiger charge is 2.21. The van der Waals surface area contributed by atoms with Crippen LogP contribution in [0.15, 0.2) is 12.2 Å². The van der Waals surface area contributed by atoms with E-state index >= 15 is 0 Å². The largest absolute Gasteiger partial charge is 0.409 e. The predicted octanol–water partition coefficient (Wildman–Crippen LogP) is 5.25. The Kier molecular flexibility index (Phi) is 8.53. The van der Waals surface area contributed by atoms with Crippen molar-refractivity contribution in [2.75, 3.05) is 0 Å². The second-order valence-electron chi connectivity index (χ2n) is 3.85. The van der Waals surface area contributed by atoms with Crippen molar-refractivity contribution in [1.29, 1.82) is 0 Å². The molecule has 0 aliphatic carbocycles. The van der Waals surface area contributed by atoms with Crippen molar-refractivity contribution in [2.45, 2.75) is 64.5 Å². The average Bonchev–Trinajstić information content (AvgIpc) is 2.14. The molecule has 0 bridgehead atoms. The molecule has 0 heterocycles. The summed E-state index contributed by atoms with van der Waals surface area (Å²) in [5.74, 6) is 0. The Morgan fingerprint density at radius 1 is 0.867 bits per heavy atom. The third-order valence-electron chi connectivity index (χ3n) is 2.28. The topological polar surface area (TPSA) is 0 Å². The highest BCUT2D eigenvalue weighted by molar-refractivity contribution is 4.88. The molecule has 0 aliphatic heterocycles. The van der Waals surface area contributed by atoms with Crippen LogP contribution in [0.1, 0.15) is 58.3 Å². The van der Waals surface area contributed by atoms with Crippen LogP contribution in [0, 0.1) is 0 Å². The molecule has 0 N–H and O–H groups in total. The Balaban J connectivity index is 3.15. The Labute approximate surface area is 90.6 Å². The third-order valence-corrected chi connectivity index (χ3v) is 2.28. The minimum Gasteiger partial charge on any atom is -0.167 e. The zero-order chi connectivity index (χ0) is 11.6. The maximum absolute atomic E-state index is 11.7. The fourth-order valence-corrected chi connectivity index (χ4v) is 1.44. The van der Waals surface area contributed by atoms with Crippen LogP contribution in [-0.2, 0) is 0 Å².